The van der Waals surface area contributed by atoms with Gasteiger partial charge in [-0.2, -0.15) is 0 Å². The summed E-state index contributed by atoms with van der Waals surface area (Å²) in [5.74, 6) is 0.377. The Morgan fingerprint density at radius 2 is 1.87 bits per heavy atom. The molecule has 4 heteroatoms. The Hall–Kier alpha value is -2.52. The van der Waals surface area contributed by atoms with Gasteiger partial charge in [-0.15, -0.1) is 0 Å². The van der Waals surface area contributed by atoms with Gasteiger partial charge < -0.3 is 10.1 Å². The minimum absolute atomic E-state index is 0.202. The van der Waals surface area contributed by atoms with Crippen LogP contribution in [0.3, 0.4) is 0 Å². The molecule has 3 aromatic carbocycles. The van der Waals surface area contributed by atoms with Gasteiger partial charge >= 0.3 is 0 Å². The Labute approximate surface area is 139 Å². The maximum Gasteiger partial charge on any atom is 0.255 e. The first-order valence-corrected chi connectivity index (χ1v) is 7.78. The molecule has 0 spiro atoms. The van der Waals surface area contributed by atoms with Crippen molar-refractivity contribution in [2.75, 3.05) is 11.9 Å². The first-order valence-electron chi connectivity index (χ1n) is 7.40. The van der Waals surface area contributed by atoms with Crippen LogP contribution in [0.1, 0.15) is 17.3 Å². The van der Waals surface area contributed by atoms with Crippen molar-refractivity contribution in [1.29, 1.82) is 0 Å². The molecular weight excluding hydrogens is 310 g/mol. The van der Waals surface area contributed by atoms with Crippen LogP contribution in [0.5, 0.6) is 5.75 Å². The minimum atomic E-state index is -0.202. The normalized spacial score (nSPS) is 10.5. The molecule has 1 N–H and O–H groups in total. The Morgan fingerprint density at radius 3 is 2.65 bits per heavy atom. The van der Waals surface area contributed by atoms with Crippen LogP contribution in [-0.2, 0) is 0 Å². The molecule has 0 heterocycles. The Bertz CT molecular complexity index is 856. The lowest BCUT2D eigenvalue weighted by molar-refractivity contribution is 0.102. The summed E-state index contributed by atoms with van der Waals surface area (Å²) < 4.78 is 5.38. The van der Waals surface area contributed by atoms with Crippen LogP contribution in [0.2, 0.25) is 5.02 Å². The van der Waals surface area contributed by atoms with E-state index in [1.165, 1.54) is 0 Å². The van der Waals surface area contributed by atoms with Gasteiger partial charge in [0.05, 0.1) is 11.6 Å². The van der Waals surface area contributed by atoms with Crippen LogP contribution in [0.4, 0.5) is 5.69 Å². The number of carbonyl (C=O) groups excluding carboxylic acids is 1. The fourth-order valence-electron chi connectivity index (χ4n) is 2.44. The third kappa shape index (κ3) is 3.30. The molecule has 3 rings (SSSR count). The molecule has 0 aromatic heterocycles. The van der Waals surface area contributed by atoms with E-state index in [-0.39, 0.29) is 5.91 Å². The van der Waals surface area contributed by atoms with Crippen LogP contribution in [0.25, 0.3) is 10.8 Å². The van der Waals surface area contributed by atoms with E-state index in [4.69, 9.17) is 16.3 Å². The molecule has 0 unspecified atom stereocenters. The van der Waals surface area contributed by atoms with Crippen molar-refractivity contribution < 1.29 is 9.53 Å². The van der Waals surface area contributed by atoms with Crippen molar-refractivity contribution >= 4 is 34.0 Å². The number of nitrogens with one attached hydrogen (secondary N) is 1. The number of benzene rings is 3. The number of rotatable bonds is 4. The zero-order valence-electron chi connectivity index (χ0n) is 12.7. The number of hydrogen-bond donors (Lipinski definition) is 1. The number of carbonyl (C=O) groups is 1. The van der Waals surface area contributed by atoms with Crippen molar-refractivity contribution in [1.82, 2.24) is 0 Å². The quantitative estimate of drug-likeness (QED) is 0.721. The van der Waals surface area contributed by atoms with Gasteiger partial charge in [-0.1, -0.05) is 48.0 Å². The summed E-state index contributed by atoms with van der Waals surface area (Å²) in [7, 11) is 0. The highest BCUT2D eigenvalue weighted by Gasteiger charge is 2.11. The molecular formula is C19H16ClNO2. The van der Waals surface area contributed by atoms with Gasteiger partial charge in [0.2, 0.25) is 0 Å². The highest BCUT2D eigenvalue weighted by molar-refractivity contribution is 6.32. The molecule has 0 aliphatic heterocycles. The second kappa shape index (κ2) is 6.71. The van der Waals surface area contributed by atoms with Crippen LogP contribution < -0.4 is 10.1 Å². The second-order valence-corrected chi connectivity index (χ2v) is 5.47. The van der Waals surface area contributed by atoms with Crippen molar-refractivity contribution in [3.63, 3.8) is 0 Å². The van der Waals surface area contributed by atoms with E-state index in [9.17, 15) is 4.79 Å². The lowest BCUT2D eigenvalue weighted by Gasteiger charge is -2.10. The highest BCUT2D eigenvalue weighted by atomic mass is 35.5. The summed E-state index contributed by atoms with van der Waals surface area (Å²) in [6, 6.07) is 18.8. The third-order valence-corrected chi connectivity index (χ3v) is 3.83. The molecule has 0 bridgehead atoms. The van der Waals surface area contributed by atoms with E-state index in [0.29, 0.717) is 22.9 Å². The van der Waals surface area contributed by atoms with Crippen LogP contribution in [0.15, 0.2) is 60.7 Å². The summed E-state index contributed by atoms with van der Waals surface area (Å²) in [4.78, 5) is 12.5. The first kappa shape index (κ1) is 15.4. The second-order valence-electron chi connectivity index (χ2n) is 5.06. The van der Waals surface area contributed by atoms with E-state index in [1.54, 1.807) is 18.2 Å². The summed E-state index contributed by atoms with van der Waals surface area (Å²) in [5.41, 5.74) is 1.27. The fourth-order valence-corrected chi connectivity index (χ4v) is 2.68. The summed E-state index contributed by atoms with van der Waals surface area (Å²) in [5, 5.41) is 5.45. The molecule has 116 valence electrons. The zero-order chi connectivity index (χ0) is 16.2. The molecule has 3 aromatic rings. The van der Waals surface area contributed by atoms with Crippen LogP contribution >= 0.6 is 11.6 Å². The van der Waals surface area contributed by atoms with Gasteiger partial charge in [0, 0.05) is 16.6 Å². The molecule has 0 saturated carbocycles. The van der Waals surface area contributed by atoms with Gasteiger partial charge in [0.1, 0.15) is 5.75 Å². The van der Waals surface area contributed by atoms with Crippen molar-refractivity contribution in [3.8, 4) is 5.75 Å². The molecule has 0 atom stereocenters. The van der Waals surface area contributed by atoms with Crippen molar-refractivity contribution in [2.45, 2.75) is 6.92 Å². The van der Waals surface area contributed by atoms with E-state index in [1.807, 2.05) is 49.4 Å². The molecule has 0 fully saturated rings. The van der Waals surface area contributed by atoms with E-state index in [2.05, 4.69) is 5.32 Å². The largest absolute Gasteiger partial charge is 0.492 e. The van der Waals surface area contributed by atoms with Crippen molar-refractivity contribution in [3.05, 3.63) is 71.2 Å². The SMILES string of the molecule is CCOc1ccc(C(=O)Nc2cccc3ccccc23)cc1Cl. The van der Waals surface area contributed by atoms with Gasteiger partial charge in [-0.3, -0.25) is 4.79 Å². The number of amides is 1. The van der Waals surface area contributed by atoms with Gasteiger partial charge in [-0.25, -0.2) is 0 Å². The summed E-state index contributed by atoms with van der Waals surface area (Å²) in [6.07, 6.45) is 0. The molecule has 0 aliphatic rings. The zero-order valence-corrected chi connectivity index (χ0v) is 13.4. The van der Waals surface area contributed by atoms with Crippen molar-refractivity contribution in [2.24, 2.45) is 0 Å². The molecule has 1 amide bonds. The van der Waals surface area contributed by atoms with E-state index >= 15 is 0 Å². The van der Waals surface area contributed by atoms with E-state index < -0.39 is 0 Å². The average Bonchev–Trinajstić information content (AvgIpc) is 2.57. The highest BCUT2D eigenvalue weighted by Crippen LogP contribution is 2.27. The molecule has 0 radical (unpaired) electrons. The number of ether oxygens (including phenoxy) is 1. The lowest BCUT2D eigenvalue weighted by Crippen LogP contribution is -2.12. The predicted molar refractivity (Wildman–Crippen MR) is 94.5 cm³/mol. The number of fused-ring (bicyclic) bond motifs is 1. The maximum atomic E-state index is 12.5. The smallest absolute Gasteiger partial charge is 0.255 e. The average molecular weight is 326 g/mol. The molecule has 3 nitrogen and oxygen atoms in total. The van der Waals surface area contributed by atoms with Crippen LogP contribution in [0, 0.1) is 0 Å². The Kier molecular flexibility index (Phi) is 4.49. The minimum Gasteiger partial charge on any atom is -0.492 e. The summed E-state index contributed by atoms with van der Waals surface area (Å²) >= 11 is 6.15. The van der Waals surface area contributed by atoms with Gasteiger partial charge in [0.25, 0.3) is 5.91 Å². The lowest BCUT2D eigenvalue weighted by atomic mass is 10.1. The Balaban J connectivity index is 1.88. The monoisotopic (exact) mass is 325 g/mol. The molecule has 0 saturated heterocycles. The predicted octanol–water partition coefficient (Wildman–Crippen LogP) is 5.14. The topological polar surface area (TPSA) is 38.3 Å². The molecule has 0 aliphatic carbocycles. The number of halogens is 1. The standard InChI is InChI=1S/C19H16ClNO2/c1-2-23-18-11-10-14(12-16(18)20)19(22)21-17-9-5-7-13-6-3-4-8-15(13)17/h3-12H,2H2,1H3,(H,21,22). The van der Waals surface area contributed by atoms with Gasteiger partial charge in [-0.05, 0) is 36.6 Å². The fraction of sp³-hybridized carbons (Fsp3) is 0.105. The first-order chi connectivity index (χ1) is 11.2. The Morgan fingerprint density at radius 1 is 1.09 bits per heavy atom. The number of hydrogen-bond acceptors (Lipinski definition) is 2. The maximum absolute atomic E-state index is 12.5. The third-order valence-electron chi connectivity index (χ3n) is 3.53. The summed E-state index contributed by atoms with van der Waals surface area (Å²) in [6.45, 7) is 2.42. The van der Waals surface area contributed by atoms with E-state index in [0.717, 1.165) is 16.5 Å². The van der Waals surface area contributed by atoms with Crippen LogP contribution in [-0.4, -0.2) is 12.5 Å². The molecule has 23 heavy (non-hydrogen) atoms. The number of anilines is 1. The van der Waals surface area contributed by atoms with Gasteiger partial charge in [0.15, 0.2) is 0 Å².